The molecule has 98 valence electrons. The average molecular weight is 269 g/mol. The Kier molecular flexibility index (Phi) is 3.81. The monoisotopic (exact) mass is 269 g/mol. The summed E-state index contributed by atoms with van der Waals surface area (Å²) in [6.45, 7) is 2.78. The Labute approximate surface area is 109 Å². The van der Waals surface area contributed by atoms with Crippen LogP contribution in [0.25, 0.3) is 0 Å². The number of likely N-dealkylation sites (tertiary alicyclic amines) is 1. The molecule has 1 N–H and O–H groups in total. The van der Waals surface area contributed by atoms with Crippen molar-refractivity contribution in [3.05, 3.63) is 11.2 Å². The van der Waals surface area contributed by atoms with E-state index in [1.807, 2.05) is 0 Å². The number of hydrogen-bond donors (Lipinski definition) is 1. The van der Waals surface area contributed by atoms with Gasteiger partial charge < -0.3 is 15.0 Å². The second-order valence-electron chi connectivity index (χ2n) is 4.00. The predicted octanol–water partition coefficient (Wildman–Crippen LogP) is 0.962. The molecule has 1 aliphatic heterocycles. The maximum atomic E-state index is 11.8. The van der Waals surface area contributed by atoms with Crippen molar-refractivity contribution in [2.45, 2.75) is 19.4 Å². The van der Waals surface area contributed by atoms with Crippen molar-refractivity contribution in [2.75, 3.05) is 25.5 Å². The molecule has 1 aromatic heterocycles. The predicted molar refractivity (Wildman–Crippen MR) is 67.7 cm³/mol. The Morgan fingerprint density at radius 3 is 3.11 bits per heavy atom. The first-order valence-corrected chi connectivity index (χ1v) is 6.63. The van der Waals surface area contributed by atoms with E-state index in [0.29, 0.717) is 11.6 Å². The molecule has 0 spiro atoms. The van der Waals surface area contributed by atoms with Gasteiger partial charge in [0.15, 0.2) is 5.69 Å². The third-order valence-electron chi connectivity index (χ3n) is 2.77. The van der Waals surface area contributed by atoms with Gasteiger partial charge in [0.05, 0.1) is 12.1 Å². The van der Waals surface area contributed by atoms with E-state index < -0.39 is 5.97 Å². The van der Waals surface area contributed by atoms with E-state index in [1.54, 1.807) is 24.4 Å². The van der Waals surface area contributed by atoms with E-state index in [9.17, 15) is 9.59 Å². The van der Waals surface area contributed by atoms with Gasteiger partial charge in [-0.25, -0.2) is 9.78 Å². The summed E-state index contributed by atoms with van der Waals surface area (Å²) in [7, 11) is 1.77. The van der Waals surface area contributed by atoms with Gasteiger partial charge >= 0.3 is 5.97 Å². The number of ether oxygens (including phenoxy) is 1. The summed E-state index contributed by atoms with van der Waals surface area (Å²) < 4.78 is 4.91. The number of likely N-dealkylation sites (N-methyl/N-ethyl adjacent to an activating group) is 1. The van der Waals surface area contributed by atoms with Crippen LogP contribution in [0.4, 0.5) is 5.00 Å². The smallest absolute Gasteiger partial charge is 0.360 e. The van der Waals surface area contributed by atoms with Crippen LogP contribution in [-0.2, 0) is 9.53 Å². The van der Waals surface area contributed by atoms with Gasteiger partial charge in [-0.05, 0) is 13.3 Å². The lowest BCUT2D eigenvalue weighted by Crippen LogP contribution is -2.31. The summed E-state index contributed by atoms with van der Waals surface area (Å²) in [6.07, 6.45) is 0.732. The van der Waals surface area contributed by atoms with E-state index in [2.05, 4.69) is 10.3 Å². The third kappa shape index (κ3) is 2.45. The largest absolute Gasteiger partial charge is 0.461 e. The molecule has 1 amide bonds. The Bertz CT molecular complexity index is 460. The zero-order valence-electron chi connectivity index (χ0n) is 10.3. The number of nitrogens with one attached hydrogen (secondary N) is 1. The number of hydrogen-bond acceptors (Lipinski definition) is 6. The zero-order valence-corrected chi connectivity index (χ0v) is 11.1. The lowest BCUT2D eigenvalue weighted by molar-refractivity contribution is -0.127. The van der Waals surface area contributed by atoms with Gasteiger partial charge in [0.2, 0.25) is 5.91 Å². The average Bonchev–Trinajstić information content (AvgIpc) is 2.92. The van der Waals surface area contributed by atoms with Crippen LogP contribution in [0, 0.1) is 0 Å². The molecule has 0 aliphatic carbocycles. The van der Waals surface area contributed by atoms with Gasteiger partial charge in [-0.1, -0.05) is 0 Å². The van der Waals surface area contributed by atoms with Gasteiger partial charge in [0, 0.05) is 13.6 Å². The van der Waals surface area contributed by atoms with E-state index in [0.717, 1.165) is 13.0 Å². The van der Waals surface area contributed by atoms with E-state index in [1.165, 1.54) is 11.3 Å². The van der Waals surface area contributed by atoms with Gasteiger partial charge in [-0.2, -0.15) is 0 Å². The third-order valence-corrected chi connectivity index (χ3v) is 3.53. The van der Waals surface area contributed by atoms with E-state index in [-0.39, 0.29) is 17.6 Å². The topological polar surface area (TPSA) is 71.5 Å². The fourth-order valence-corrected chi connectivity index (χ4v) is 2.53. The van der Waals surface area contributed by atoms with Crippen LogP contribution in [0.3, 0.4) is 0 Å². The van der Waals surface area contributed by atoms with Gasteiger partial charge in [-0.15, -0.1) is 11.3 Å². The molecule has 0 aromatic carbocycles. The number of nitrogens with zero attached hydrogens (tertiary/aromatic N) is 2. The van der Waals surface area contributed by atoms with Crippen LogP contribution in [0.5, 0.6) is 0 Å². The molecule has 1 fully saturated rings. The van der Waals surface area contributed by atoms with Crippen molar-refractivity contribution in [1.82, 2.24) is 9.88 Å². The minimum absolute atomic E-state index is 0.0400. The first-order chi connectivity index (χ1) is 8.63. The molecule has 1 unspecified atom stereocenters. The molecule has 0 bridgehead atoms. The second kappa shape index (κ2) is 5.34. The van der Waals surface area contributed by atoms with Crippen molar-refractivity contribution in [3.63, 3.8) is 0 Å². The van der Waals surface area contributed by atoms with Crippen LogP contribution >= 0.6 is 11.3 Å². The zero-order chi connectivity index (χ0) is 13.1. The molecular formula is C11H15N3O3S. The molecule has 0 radical (unpaired) electrons. The number of esters is 1. The molecule has 1 atom stereocenters. The molecule has 1 saturated heterocycles. The standard InChI is InChI=1S/C11H15N3O3S/c1-3-17-11(16)8-9(18-6-12-8)13-7-4-5-14(2)10(7)15/h6-7,13H,3-5H2,1-2H3. The fourth-order valence-electron chi connectivity index (χ4n) is 1.81. The summed E-state index contributed by atoms with van der Waals surface area (Å²) in [5, 5.41) is 3.67. The highest BCUT2D eigenvalue weighted by Gasteiger charge is 2.30. The summed E-state index contributed by atoms with van der Waals surface area (Å²) >= 11 is 1.30. The van der Waals surface area contributed by atoms with E-state index >= 15 is 0 Å². The SMILES string of the molecule is CCOC(=O)c1ncsc1NC1CCN(C)C1=O. The first-order valence-electron chi connectivity index (χ1n) is 5.75. The molecule has 18 heavy (non-hydrogen) atoms. The Morgan fingerprint density at radius 2 is 2.50 bits per heavy atom. The Balaban J connectivity index is 2.08. The van der Waals surface area contributed by atoms with Crippen LogP contribution in [-0.4, -0.2) is 48.0 Å². The van der Waals surface area contributed by atoms with Crippen molar-refractivity contribution in [3.8, 4) is 0 Å². The number of anilines is 1. The van der Waals surface area contributed by atoms with Crippen LogP contribution in [0.2, 0.25) is 0 Å². The quantitative estimate of drug-likeness (QED) is 0.824. The van der Waals surface area contributed by atoms with Crippen LogP contribution in [0.15, 0.2) is 5.51 Å². The molecule has 6 nitrogen and oxygen atoms in total. The molecule has 7 heteroatoms. The number of thiazole rings is 1. The fraction of sp³-hybridized carbons (Fsp3) is 0.545. The summed E-state index contributed by atoms with van der Waals surface area (Å²) in [4.78, 5) is 29.0. The van der Waals surface area contributed by atoms with Crippen LogP contribution < -0.4 is 5.32 Å². The number of rotatable bonds is 4. The van der Waals surface area contributed by atoms with Crippen LogP contribution in [0.1, 0.15) is 23.8 Å². The van der Waals surface area contributed by atoms with Crippen molar-refractivity contribution in [2.24, 2.45) is 0 Å². The summed E-state index contributed by atoms with van der Waals surface area (Å²) in [5.41, 5.74) is 1.82. The lowest BCUT2D eigenvalue weighted by atomic mass is 10.2. The van der Waals surface area contributed by atoms with Crippen molar-refractivity contribution >= 4 is 28.2 Å². The van der Waals surface area contributed by atoms with Gasteiger partial charge in [0.25, 0.3) is 0 Å². The summed E-state index contributed by atoms with van der Waals surface area (Å²) in [5.74, 6) is -0.418. The highest BCUT2D eigenvalue weighted by molar-refractivity contribution is 7.14. The highest BCUT2D eigenvalue weighted by Crippen LogP contribution is 2.24. The summed E-state index contributed by atoms with van der Waals surface area (Å²) in [6, 6.07) is -0.274. The maximum absolute atomic E-state index is 11.8. The number of carbonyl (C=O) groups is 2. The van der Waals surface area contributed by atoms with Crippen molar-refractivity contribution in [1.29, 1.82) is 0 Å². The minimum atomic E-state index is -0.458. The second-order valence-corrected chi connectivity index (χ2v) is 4.85. The number of carbonyl (C=O) groups excluding carboxylic acids is 2. The normalized spacial score (nSPS) is 19.1. The lowest BCUT2D eigenvalue weighted by Gasteiger charge is -2.12. The van der Waals surface area contributed by atoms with Crippen molar-refractivity contribution < 1.29 is 14.3 Å². The van der Waals surface area contributed by atoms with Gasteiger partial charge in [-0.3, -0.25) is 4.79 Å². The highest BCUT2D eigenvalue weighted by atomic mass is 32.1. The minimum Gasteiger partial charge on any atom is -0.461 e. The van der Waals surface area contributed by atoms with Gasteiger partial charge in [0.1, 0.15) is 11.0 Å². The maximum Gasteiger partial charge on any atom is 0.360 e. The molecule has 1 aliphatic rings. The van der Waals surface area contributed by atoms with E-state index in [4.69, 9.17) is 4.74 Å². The molecule has 2 rings (SSSR count). The number of amides is 1. The molecule has 1 aromatic rings. The first kappa shape index (κ1) is 12.8. The molecule has 2 heterocycles. The Hall–Kier alpha value is -1.63. The molecular weight excluding hydrogens is 254 g/mol. The molecule has 0 saturated carbocycles. The number of aromatic nitrogens is 1. The Morgan fingerprint density at radius 1 is 1.72 bits per heavy atom.